The lowest BCUT2D eigenvalue weighted by molar-refractivity contribution is 0.0662. The van der Waals surface area contributed by atoms with E-state index >= 15 is 0 Å². The summed E-state index contributed by atoms with van der Waals surface area (Å²) < 4.78 is 7.58. The van der Waals surface area contributed by atoms with E-state index < -0.39 is 6.23 Å². The summed E-state index contributed by atoms with van der Waals surface area (Å²) in [6.45, 7) is 2.01. The molecule has 2 atom stereocenters. The summed E-state index contributed by atoms with van der Waals surface area (Å²) >= 11 is 1.42. The molecule has 0 aliphatic carbocycles. The summed E-state index contributed by atoms with van der Waals surface area (Å²) in [5.41, 5.74) is 0.908. The zero-order valence-electron chi connectivity index (χ0n) is 14.0. The largest absolute Gasteiger partial charge is 0.457 e. The van der Waals surface area contributed by atoms with Crippen LogP contribution in [0.1, 0.15) is 13.3 Å². The second kappa shape index (κ2) is 8.40. The minimum absolute atomic E-state index is 0.0210. The second-order valence-electron chi connectivity index (χ2n) is 5.70. The van der Waals surface area contributed by atoms with Crippen molar-refractivity contribution < 1.29 is 14.9 Å². The van der Waals surface area contributed by atoms with Crippen LogP contribution in [0.5, 0.6) is 11.5 Å². The van der Waals surface area contributed by atoms with E-state index in [1.807, 2.05) is 61.5 Å². The van der Waals surface area contributed by atoms with Gasteiger partial charge in [0.15, 0.2) is 0 Å². The Hall–Kier alpha value is -1.99. The molecule has 0 saturated carbocycles. The Morgan fingerprint density at radius 2 is 1.80 bits per heavy atom. The molecule has 0 fully saturated rings. The molecule has 1 aliphatic rings. The summed E-state index contributed by atoms with van der Waals surface area (Å²) in [5.74, 6) is 1.56. The highest BCUT2D eigenvalue weighted by atomic mass is 32.2. The predicted octanol–water partition coefficient (Wildman–Crippen LogP) is 3.79. The van der Waals surface area contributed by atoms with Gasteiger partial charge in [0.05, 0.1) is 11.6 Å². The maximum absolute atomic E-state index is 10.1. The van der Waals surface area contributed by atoms with Crippen molar-refractivity contribution in [1.82, 2.24) is 4.31 Å². The van der Waals surface area contributed by atoms with Crippen LogP contribution >= 0.6 is 11.9 Å². The van der Waals surface area contributed by atoms with Gasteiger partial charge in [0.2, 0.25) is 0 Å². The van der Waals surface area contributed by atoms with Crippen LogP contribution in [-0.2, 0) is 0 Å². The summed E-state index contributed by atoms with van der Waals surface area (Å²) in [7, 11) is 0. The molecule has 0 aromatic heterocycles. The summed E-state index contributed by atoms with van der Waals surface area (Å²) in [6, 6.07) is 17.2. The van der Waals surface area contributed by atoms with Crippen molar-refractivity contribution in [3.8, 4) is 11.5 Å². The number of ether oxygens (including phenoxy) is 1. The molecule has 132 valence electrons. The van der Waals surface area contributed by atoms with Crippen LogP contribution in [0.25, 0.3) is 0 Å². The third-order valence-electron chi connectivity index (χ3n) is 3.91. The Morgan fingerprint density at radius 3 is 2.44 bits per heavy atom. The van der Waals surface area contributed by atoms with Crippen LogP contribution < -0.4 is 10.1 Å². The Kier molecular flexibility index (Phi) is 5.99. The quantitative estimate of drug-likeness (QED) is 0.655. The van der Waals surface area contributed by atoms with Crippen molar-refractivity contribution in [3.63, 3.8) is 0 Å². The molecule has 25 heavy (non-hydrogen) atoms. The molecule has 3 rings (SSSR count). The molecule has 2 aromatic rings. The highest BCUT2D eigenvalue weighted by Crippen LogP contribution is 2.35. The third-order valence-corrected chi connectivity index (χ3v) is 5.07. The zero-order chi connectivity index (χ0) is 17.6. The Balaban J connectivity index is 1.59. The molecule has 2 aromatic carbocycles. The van der Waals surface area contributed by atoms with Gasteiger partial charge in [-0.3, -0.25) is 0 Å². The highest BCUT2D eigenvalue weighted by Gasteiger charge is 2.29. The lowest BCUT2D eigenvalue weighted by atomic mass is 10.2. The van der Waals surface area contributed by atoms with Crippen molar-refractivity contribution in [2.75, 3.05) is 11.9 Å². The molecular weight excluding hydrogens is 336 g/mol. The first-order valence-electron chi connectivity index (χ1n) is 8.26. The molecule has 1 heterocycles. The number of aliphatic hydroxyl groups is 2. The average molecular weight is 358 g/mol. The van der Waals surface area contributed by atoms with E-state index in [0.717, 1.165) is 28.6 Å². The average Bonchev–Trinajstić information content (AvgIpc) is 2.99. The Morgan fingerprint density at radius 1 is 1.12 bits per heavy atom. The van der Waals surface area contributed by atoms with Crippen molar-refractivity contribution in [3.05, 3.63) is 65.7 Å². The number of anilines is 1. The van der Waals surface area contributed by atoms with E-state index in [0.29, 0.717) is 0 Å². The van der Waals surface area contributed by atoms with Crippen LogP contribution in [0.2, 0.25) is 0 Å². The first kappa shape index (κ1) is 17.8. The number of aliphatic hydroxyl groups excluding tert-OH is 2. The normalized spacial score (nSPS) is 18.7. The molecule has 0 bridgehead atoms. The van der Waals surface area contributed by atoms with Gasteiger partial charge in [0.1, 0.15) is 17.7 Å². The fraction of sp³-hybridized carbons (Fsp3) is 0.263. The molecule has 1 aliphatic heterocycles. The smallest absolute Gasteiger partial charge is 0.138 e. The number of rotatable bonds is 7. The van der Waals surface area contributed by atoms with Crippen molar-refractivity contribution >= 4 is 17.6 Å². The van der Waals surface area contributed by atoms with E-state index in [9.17, 15) is 10.2 Å². The van der Waals surface area contributed by atoms with Gasteiger partial charge in [0, 0.05) is 11.7 Å². The van der Waals surface area contributed by atoms with Gasteiger partial charge in [-0.25, -0.2) is 4.31 Å². The lowest BCUT2D eigenvalue weighted by Gasteiger charge is -2.26. The van der Waals surface area contributed by atoms with E-state index in [1.54, 1.807) is 10.4 Å². The minimum atomic E-state index is -0.703. The van der Waals surface area contributed by atoms with Gasteiger partial charge in [-0.2, -0.15) is 0 Å². The molecule has 5 nitrogen and oxygen atoms in total. The maximum Gasteiger partial charge on any atom is 0.138 e. The minimum Gasteiger partial charge on any atom is -0.457 e. The number of para-hydroxylation sites is 1. The molecule has 3 N–H and O–H groups in total. The summed E-state index contributed by atoms with van der Waals surface area (Å²) in [6.07, 6.45) is 1.81. The predicted molar refractivity (Wildman–Crippen MR) is 101 cm³/mol. The van der Waals surface area contributed by atoms with E-state index in [1.165, 1.54) is 11.9 Å². The zero-order valence-corrected chi connectivity index (χ0v) is 14.8. The number of nitrogens with zero attached hydrogens (tertiary/aromatic N) is 1. The van der Waals surface area contributed by atoms with Crippen LogP contribution in [-0.4, -0.2) is 33.4 Å². The standard InChI is InChI=1S/C19H22N2O3S/c1-2-15(13-22)21-19(23)12-18(25-21)20-14-8-10-17(11-9-14)24-16-6-4-3-5-7-16/h3-12,15,19-20,22-23H,2,13H2,1H3/t15-,19?/m0/s1. The lowest BCUT2D eigenvalue weighted by Crippen LogP contribution is -2.36. The molecule has 1 unspecified atom stereocenters. The molecule has 0 radical (unpaired) electrons. The van der Waals surface area contributed by atoms with Crippen LogP contribution in [0, 0.1) is 0 Å². The SMILES string of the molecule is CC[C@@H](CO)N1SC(Nc2ccc(Oc3ccccc3)cc2)=CC1O. The number of hydrogen-bond donors (Lipinski definition) is 3. The Bertz CT molecular complexity index is 702. The number of hydrogen-bond acceptors (Lipinski definition) is 6. The van der Waals surface area contributed by atoms with E-state index in [-0.39, 0.29) is 12.6 Å². The van der Waals surface area contributed by atoms with Gasteiger partial charge in [-0.15, -0.1) is 0 Å². The van der Waals surface area contributed by atoms with Gasteiger partial charge < -0.3 is 20.3 Å². The molecular formula is C19H22N2O3S. The first-order valence-corrected chi connectivity index (χ1v) is 9.04. The van der Waals surface area contributed by atoms with Gasteiger partial charge >= 0.3 is 0 Å². The third kappa shape index (κ3) is 4.55. The van der Waals surface area contributed by atoms with Gasteiger partial charge in [0.25, 0.3) is 0 Å². The van der Waals surface area contributed by atoms with Crippen molar-refractivity contribution in [2.45, 2.75) is 25.6 Å². The van der Waals surface area contributed by atoms with Crippen LogP contribution in [0.3, 0.4) is 0 Å². The van der Waals surface area contributed by atoms with Gasteiger partial charge in [-0.05, 0) is 60.8 Å². The van der Waals surface area contributed by atoms with Crippen molar-refractivity contribution in [1.29, 1.82) is 0 Å². The van der Waals surface area contributed by atoms with Gasteiger partial charge in [-0.1, -0.05) is 25.1 Å². The molecule has 0 spiro atoms. The number of benzene rings is 2. The van der Waals surface area contributed by atoms with Crippen molar-refractivity contribution in [2.24, 2.45) is 0 Å². The number of nitrogens with one attached hydrogen (secondary N) is 1. The first-order chi connectivity index (χ1) is 12.2. The summed E-state index contributed by atoms with van der Waals surface area (Å²) in [4.78, 5) is 0. The monoisotopic (exact) mass is 358 g/mol. The van der Waals surface area contributed by atoms with Crippen LogP contribution in [0.15, 0.2) is 65.7 Å². The summed E-state index contributed by atoms with van der Waals surface area (Å²) in [5, 5.41) is 23.7. The highest BCUT2D eigenvalue weighted by molar-refractivity contribution is 8.01. The second-order valence-corrected chi connectivity index (χ2v) is 6.75. The molecule has 0 amide bonds. The fourth-order valence-corrected chi connectivity index (χ4v) is 3.63. The molecule has 6 heteroatoms. The maximum atomic E-state index is 10.1. The van der Waals surface area contributed by atoms with Crippen LogP contribution in [0.4, 0.5) is 5.69 Å². The molecule has 0 saturated heterocycles. The fourth-order valence-electron chi connectivity index (χ4n) is 2.52. The topological polar surface area (TPSA) is 65.0 Å². The van der Waals surface area contributed by atoms with E-state index in [2.05, 4.69) is 5.32 Å². The van der Waals surface area contributed by atoms with E-state index in [4.69, 9.17) is 4.74 Å². The Labute approximate surface area is 152 Å².